The van der Waals surface area contributed by atoms with E-state index in [0.717, 1.165) is 22.5 Å². The van der Waals surface area contributed by atoms with Crippen LogP contribution in [-0.2, 0) is 23.2 Å². The van der Waals surface area contributed by atoms with Gasteiger partial charge in [0.05, 0.1) is 6.54 Å². The Labute approximate surface area is 142 Å². The Morgan fingerprint density at radius 2 is 2.08 bits per heavy atom. The summed E-state index contributed by atoms with van der Waals surface area (Å²) in [5.74, 6) is -0.455. The molecular formula is C17H17F4N3O. The van der Waals surface area contributed by atoms with Gasteiger partial charge in [0.25, 0.3) is 0 Å². The molecule has 1 unspecified atom stereocenters. The van der Waals surface area contributed by atoms with Crippen LogP contribution in [0.4, 0.5) is 17.6 Å². The SMILES string of the molecule is Cc1cccc(C2(F)CCN(C(=O)Cn3ccc(C(F)(F)F)n3)C2)c1. The van der Waals surface area contributed by atoms with Crippen molar-refractivity contribution in [2.24, 2.45) is 0 Å². The molecule has 0 N–H and O–H groups in total. The van der Waals surface area contributed by atoms with Crippen LogP contribution in [0.15, 0.2) is 36.5 Å². The van der Waals surface area contributed by atoms with Crippen molar-refractivity contribution >= 4 is 5.91 Å². The lowest BCUT2D eigenvalue weighted by atomic mass is 9.94. The number of carbonyl (C=O) groups is 1. The summed E-state index contributed by atoms with van der Waals surface area (Å²) < 4.78 is 53.7. The van der Waals surface area contributed by atoms with Gasteiger partial charge in [0, 0.05) is 19.2 Å². The van der Waals surface area contributed by atoms with Crippen LogP contribution in [-0.4, -0.2) is 33.7 Å². The highest BCUT2D eigenvalue weighted by Crippen LogP contribution is 2.36. The van der Waals surface area contributed by atoms with E-state index in [4.69, 9.17) is 0 Å². The first-order chi connectivity index (χ1) is 11.7. The zero-order chi connectivity index (χ0) is 18.2. The Balaban J connectivity index is 1.67. The third-order valence-corrected chi connectivity index (χ3v) is 4.34. The molecule has 0 saturated carbocycles. The molecule has 1 aliphatic rings. The number of rotatable bonds is 3. The predicted molar refractivity (Wildman–Crippen MR) is 82.4 cm³/mol. The van der Waals surface area contributed by atoms with Crippen LogP contribution in [0.3, 0.4) is 0 Å². The topological polar surface area (TPSA) is 38.1 Å². The molecule has 134 valence electrons. The van der Waals surface area contributed by atoms with Crippen molar-refractivity contribution < 1.29 is 22.4 Å². The molecule has 8 heteroatoms. The van der Waals surface area contributed by atoms with Crippen molar-refractivity contribution in [1.29, 1.82) is 0 Å². The highest BCUT2D eigenvalue weighted by atomic mass is 19.4. The molecule has 1 atom stereocenters. The fourth-order valence-corrected chi connectivity index (χ4v) is 2.98. The van der Waals surface area contributed by atoms with Crippen LogP contribution in [0, 0.1) is 6.92 Å². The Kier molecular flexibility index (Phi) is 4.30. The number of hydrogen-bond donors (Lipinski definition) is 0. The van der Waals surface area contributed by atoms with E-state index < -0.39 is 23.4 Å². The summed E-state index contributed by atoms with van der Waals surface area (Å²) in [4.78, 5) is 13.6. The van der Waals surface area contributed by atoms with Crippen molar-refractivity contribution in [1.82, 2.24) is 14.7 Å². The zero-order valence-electron chi connectivity index (χ0n) is 13.6. The number of nitrogens with zero attached hydrogens (tertiary/aromatic N) is 3. The number of amides is 1. The number of benzene rings is 1. The predicted octanol–water partition coefficient (Wildman–Crippen LogP) is 3.31. The number of aromatic nitrogens is 2. The van der Waals surface area contributed by atoms with E-state index in [1.165, 1.54) is 4.90 Å². The molecule has 25 heavy (non-hydrogen) atoms. The van der Waals surface area contributed by atoms with Gasteiger partial charge in [-0.25, -0.2) is 4.39 Å². The van der Waals surface area contributed by atoms with Gasteiger partial charge in [-0.2, -0.15) is 18.3 Å². The van der Waals surface area contributed by atoms with Crippen LogP contribution in [0.5, 0.6) is 0 Å². The number of alkyl halides is 4. The lowest BCUT2D eigenvalue weighted by Crippen LogP contribution is -2.34. The maximum Gasteiger partial charge on any atom is 0.435 e. The minimum atomic E-state index is -4.55. The molecule has 1 aromatic carbocycles. The van der Waals surface area contributed by atoms with Crippen molar-refractivity contribution in [2.45, 2.75) is 31.7 Å². The van der Waals surface area contributed by atoms with E-state index in [1.807, 2.05) is 13.0 Å². The molecule has 3 rings (SSSR count). The molecule has 1 aromatic heterocycles. The monoisotopic (exact) mass is 355 g/mol. The maximum atomic E-state index is 15.2. The second kappa shape index (κ2) is 6.16. The third-order valence-electron chi connectivity index (χ3n) is 4.34. The molecule has 1 saturated heterocycles. The summed E-state index contributed by atoms with van der Waals surface area (Å²) in [5, 5.41) is 3.35. The molecule has 2 heterocycles. The average molecular weight is 355 g/mol. The molecule has 1 amide bonds. The third kappa shape index (κ3) is 3.67. The molecule has 0 radical (unpaired) electrons. The Morgan fingerprint density at radius 3 is 2.72 bits per heavy atom. The molecule has 1 aliphatic heterocycles. The van der Waals surface area contributed by atoms with E-state index in [-0.39, 0.29) is 26.1 Å². The fourth-order valence-electron chi connectivity index (χ4n) is 2.98. The summed E-state index contributed by atoms with van der Waals surface area (Å²) >= 11 is 0. The number of aryl methyl sites for hydroxylation is 1. The smallest absolute Gasteiger partial charge is 0.337 e. The van der Waals surface area contributed by atoms with Crippen LogP contribution < -0.4 is 0 Å². The van der Waals surface area contributed by atoms with Crippen molar-refractivity contribution in [2.75, 3.05) is 13.1 Å². The largest absolute Gasteiger partial charge is 0.435 e. The van der Waals surface area contributed by atoms with Gasteiger partial charge in [0.2, 0.25) is 5.91 Å². The fraction of sp³-hybridized carbons (Fsp3) is 0.412. The van der Waals surface area contributed by atoms with Gasteiger partial charge >= 0.3 is 6.18 Å². The van der Waals surface area contributed by atoms with Crippen molar-refractivity contribution in [3.63, 3.8) is 0 Å². The van der Waals surface area contributed by atoms with Gasteiger partial charge in [0.1, 0.15) is 6.54 Å². The minimum Gasteiger partial charge on any atom is -0.337 e. The van der Waals surface area contributed by atoms with Gasteiger partial charge < -0.3 is 4.90 Å². The first-order valence-electron chi connectivity index (χ1n) is 7.82. The Morgan fingerprint density at radius 1 is 1.32 bits per heavy atom. The second-order valence-corrected chi connectivity index (χ2v) is 6.30. The molecule has 1 fully saturated rings. The van der Waals surface area contributed by atoms with E-state index in [0.29, 0.717) is 5.56 Å². The Bertz CT molecular complexity index is 786. The number of likely N-dealkylation sites (tertiary alicyclic amines) is 1. The molecule has 0 bridgehead atoms. The lowest BCUT2D eigenvalue weighted by Gasteiger charge is -2.22. The minimum absolute atomic E-state index is 0.108. The van der Waals surface area contributed by atoms with E-state index in [2.05, 4.69) is 5.10 Å². The van der Waals surface area contributed by atoms with E-state index in [1.54, 1.807) is 18.2 Å². The molecule has 0 spiro atoms. The summed E-state index contributed by atoms with van der Waals surface area (Å²) in [6.45, 7) is 1.63. The zero-order valence-corrected chi connectivity index (χ0v) is 13.6. The van der Waals surface area contributed by atoms with Gasteiger partial charge in [-0.05, 0) is 18.6 Å². The quantitative estimate of drug-likeness (QED) is 0.793. The Hall–Kier alpha value is -2.38. The van der Waals surface area contributed by atoms with Crippen molar-refractivity contribution in [3.05, 3.63) is 53.3 Å². The van der Waals surface area contributed by atoms with Crippen molar-refractivity contribution in [3.8, 4) is 0 Å². The van der Waals surface area contributed by atoms with Gasteiger partial charge in [-0.1, -0.05) is 29.8 Å². The normalized spacial score (nSPS) is 20.9. The van der Waals surface area contributed by atoms with Crippen LogP contribution in [0.25, 0.3) is 0 Å². The first kappa shape index (κ1) is 17.4. The van der Waals surface area contributed by atoms with E-state index >= 15 is 4.39 Å². The van der Waals surface area contributed by atoms with Gasteiger partial charge in [0.15, 0.2) is 11.4 Å². The average Bonchev–Trinajstić information content (AvgIpc) is 3.15. The van der Waals surface area contributed by atoms with Gasteiger partial charge in [-0.15, -0.1) is 0 Å². The maximum absolute atomic E-state index is 15.2. The number of carbonyl (C=O) groups excluding carboxylic acids is 1. The summed E-state index contributed by atoms with van der Waals surface area (Å²) in [5.41, 5.74) is -1.25. The molecule has 0 aliphatic carbocycles. The molecule has 2 aromatic rings. The van der Waals surface area contributed by atoms with Crippen LogP contribution in [0.2, 0.25) is 0 Å². The molecular weight excluding hydrogens is 338 g/mol. The lowest BCUT2D eigenvalue weighted by molar-refractivity contribution is -0.142. The highest BCUT2D eigenvalue weighted by molar-refractivity contribution is 5.76. The van der Waals surface area contributed by atoms with E-state index in [9.17, 15) is 18.0 Å². The number of hydrogen-bond acceptors (Lipinski definition) is 2. The second-order valence-electron chi connectivity index (χ2n) is 6.30. The first-order valence-corrected chi connectivity index (χ1v) is 7.82. The van der Waals surface area contributed by atoms with Gasteiger partial charge in [-0.3, -0.25) is 9.48 Å². The molecule has 4 nitrogen and oxygen atoms in total. The highest BCUT2D eigenvalue weighted by Gasteiger charge is 2.42. The standard InChI is InChI=1S/C17H17F4N3O/c1-12-3-2-4-13(9-12)16(18)6-8-23(11-16)15(25)10-24-7-5-14(22-24)17(19,20)21/h2-5,7,9H,6,8,10-11H2,1H3. The number of halogens is 4. The summed E-state index contributed by atoms with van der Waals surface area (Å²) in [6.07, 6.45) is -3.30. The summed E-state index contributed by atoms with van der Waals surface area (Å²) in [7, 11) is 0. The van der Waals surface area contributed by atoms with Crippen LogP contribution in [0.1, 0.15) is 23.2 Å². The summed E-state index contributed by atoms with van der Waals surface area (Å²) in [6, 6.07) is 7.87. The van der Waals surface area contributed by atoms with Crippen LogP contribution >= 0.6 is 0 Å².